The van der Waals surface area contributed by atoms with E-state index >= 15 is 0 Å². The maximum absolute atomic E-state index is 11.3. The van der Waals surface area contributed by atoms with Crippen molar-refractivity contribution in [1.82, 2.24) is 10.1 Å². The number of nitrogens with two attached hydrogens (primary N) is 1. The van der Waals surface area contributed by atoms with E-state index in [1.807, 2.05) is 0 Å². The molecule has 1 heterocycles. The SMILES string of the molecule is CCOC(=O)c1noc(CCCCCCN)n1. The van der Waals surface area contributed by atoms with Crippen molar-refractivity contribution >= 4 is 5.97 Å². The lowest BCUT2D eigenvalue weighted by Crippen LogP contribution is -2.06. The van der Waals surface area contributed by atoms with Gasteiger partial charge in [-0.05, 0) is 31.5 Å². The van der Waals surface area contributed by atoms with Gasteiger partial charge < -0.3 is 15.0 Å². The second-order valence-electron chi connectivity index (χ2n) is 3.69. The summed E-state index contributed by atoms with van der Waals surface area (Å²) >= 11 is 0. The maximum atomic E-state index is 11.3. The van der Waals surface area contributed by atoms with Crippen molar-refractivity contribution < 1.29 is 14.1 Å². The molecule has 0 aromatic carbocycles. The highest BCUT2D eigenvalue weighted by atomic mass is 16.5. The van der Waals surface area contributed by atoms with E-state index in [9.17, 15) is 4.79 Å². The van der Waals surface area contributed by atoms with Gasteiger partial charge >= 0.3 is 5.97 Å². The van der Waals surface area contributed by atoms with Gasteiger partial charge in [0.1, 0.15) is 0 Å². The van der Waals surface area contributed by atoms with Crippen LogP contribution in [-0.4, -0.2) is 29.3 Å². The molecule has 0 unspecified atom stereocenters. The predicted molar refractivity (Wildman–Crippen MR) is 61.5 cm³/mol. The Morgan fingerprint density at radius 3 is 2.82 bits per heavy atom. The van der Waals surface area contributed by atoms with E-state index in [1.165, 1.54) is 0 Å². The fraction of sp³-hybridized carbons (Fsp3) is 0.727. The highest BCUT2D eigenvalue weighted by Gasteiger charge is 2.14. The zero-order chi connectivity index (χ0) is 12.5. The van der Waals surface area contributed by atoms with E-state index in [1.54, 1.807) is 6.92 Å². The summed E-state index contributed by atoms with van der Waals surface area (Å²) in [6.07, 6.45) is 4.88. The third-order valence-electron chi connectivity index (χ3n) is 2.27. The van der Waals surface area contributed by atoms with Gasteiger partial charge in [0.2, 0.25) is 5.89 Å². The molecular weight excluding hydrogens is 222 g/mol. The van der Waals surface area contributed by atoms with Crippen LogP contribution in [0.15, 0.2) is 4.52 Å². The van der Waals surface area contributed by atoms with Crippen LogP contribution in [0.25, 0.3) is 0 Å². The average Bonchev–Trinajstić information content (AvgIpc) is 2.78. The average molecular weight is 241 g/mol. The fourth-order valence-corrected chi connectivity index (χ4v) is 1.41. The van der Waals surface area contributed by atoms with Crippen molar-refractivity contribution in [2.45, 2.75) is 39.0 Å². The van der Waals surface area contributed by atoms with Gasteiger partial charge in [-0.3, -0.25) is 0 Å². The zero-order valence-electron chi connectivity index (χ0n) is 10.1. The number of esters is 1. The third kappa shape index (κ3) is 4.95. The molecule has 0 radical (unpaired) electrons. The Morgan fingerprint density at radius 2 is 2.12 bits per heavy atom. The first-order chi connectivity index (χ1) is 8.27. The Kier molecular flexibility index (Phi) is 6.24. The van der Waals surface area contributed by atoms with E-state index < -0.39 is 5.97 Å². The summed E-state index contributed by atoms with van der Waals surface area (Å²) in [4.78, 5) is 15.2. The normalized spacial score (nSPS) is 10.5. The molecule has 0 bridgehead atoms. The van der Waals surface area contributed by atoms with Crippen molar-refractivity contribution in [3.63, 3.8) is 0 Å². The summed E-state index contributed by atoms with van der Waals surface area (Å²) in [7, 11) is 0. The Bertz CT molecular complexity index is 338. The molecule has 6 heteroatoms. The fourth-order valence-electron chi connectivity index (χ4n) is 1.41. The van der Waals surface area contributed by atoms with Crippen molar-refractivity contribution in [1.29, 1.82) is 0 Å². The molecule has 0 saturated carbocycles. The van der Waals surface area contributed by atoms with E-state index in [-0.39, 0.29) is 5.82 Å². The van der Waals surface area contributed by atoms with Crippen LogP contribution >= 0.6 is 0 Å². The molecule has 0 aliphatic rings. The lowest BCUT2D eigenvalue weighted by atomic mass is 10.1. The van der Waals surface area contributed by atoms with E-state index in [4.69, 9.17) is 15.0 Å². The van der Waals surface area contributed by atoms with Gasteiger partial charge in [-0.2, -0.15) is 4.98 Å². The molecule has 0 saturated heterocycles. The summed E-state index contributed by atoms with van der Waals surface area (Å²) in [6.45, 7) is 2.77. The Labute approximate surface area is 101 Å². The number of rotatable bonds is 8. The van der Waals surface area contributed by atoms with E-state index in [2.05, 4.69) is 10.1 Å². The van der Waals surface area contributed by atoms with Crippen LogP contribution in [0.5, 0.6) is 0 Å². The van der Waals surface area contributed by atoms with Crippen LogP contribution in [0.1, 0.15) is 49.1 Å². The first-order valence-electron chi connectivity index (χ1n) is 5.97. The zero-order valence-corrected chi connectivity index (χ0v) is 10.1. The third-order valence-corrected chi connectivity index (χ3v) is 2.27. The lowest BCUT2D eigenvalue weighted by Gasteiger charge is -1.96. The molecule has 96 valence electrons. The maximum Gasteiger partial charge on any atom is 0.379 e. The number of ether oxygens (including phenoxy) is 1. The largest absolute Gasteiger partial charge is 0.460 e. The Morgan fingerprint density at radius 1 is 1.35 bits per heavy atom. The summed E-state index contributed by atoms with van der Waals surface area (Å²) in [5, 5.41) is 3.57. The van der Waals surface area contributed by atoms with Crippen LogP contribution < -0.4 is 5.73 Å². The minimum Gasteiger partial charge on any atom is -0.460 e. The summed E-state index contributed by atoms with van der Waals surface area (Å²) in [6, 6.07) is 0. The van der Waals surface area contributed by atoms with Gasteiger partial charge in [0, 0.05) is 6.42 Å². The molecule has 0 aliphatic carbocycles. The van der Waals surface area contributed by atoms with Crippen molar-refractivity contribution in [3.05, 3.63) is 11.7 Å². The molecule has 0 fully saturated rings. The standard InChI is InChI=1S/C11H19N3O3/c1-2-16-11(15)10-13-9(17-14-10)7-5-3-4-6-8-12/h2-8,12H2,1H3. The van der Waals surface area contributed by atoms with Crippen LogP contribution in [-0.2, 0) is 11.2 Å². The van der Waals surface area contributed by atoms with E-state index in [0.717, 1.165) is 32.2 Å². The number of carbonyl (C=O) groups excluding carboxylic acids is 1. The van der Waals surface area contributed by atoms with Gasteiger partial charge in [0.15, 0.2) is 0 Å². The van der Waals surface area contributed by atoms with E-state index in [0.29, 0.717) is 18.9 Å². The summed E-state index contributed by atoms with van der Waals surface area (Å²) in [5.41, 5.74) is 5.39. The van der Waals surface area contributed by atoms with Crippen LogP contribution in [0, 0.1) is 0 Å². The molecule has 6 nitrogen and oxygen atoms in total. The predicted octanol–water partition coefficient (Wildman–Crippen LogP) is 1.31. The molecule has 0 aliphatic heterocycles. The summed E-state index contributed by atoms with van der Waals surface area (Å²) < 4.78 is 9.71. The number of hydrogen-bond donors (Lipinski definition) is 1. The van der Waals surface area contributed by atoms with Crippen LogP contribution in [0.3, 0.4) is 0 Å². The number of hydrogen-bond acceptors (Lipinski definition) is 6. The minimum atomic E-state index is -0.536. The monoisotopic (exact) mass is 241 g/mol. The van der Waals surface area contributed by atoms with Crippen LogP contribution in [0.4, 0.5) is 0 Å². The molecule has 17 heavy (non-hydrogen) atoms. The van der Waals surface area contributed by atoms with Gasteiger partial charge in [0.05, 0.1) is 6.61 Å². The first kappa shape index (κ1) is 13.6. The second-order valence-corrected chi connectivity index (χ2v) is 3.69. The molecule has 1 aromatic heterocycles. The number of unbranched alkanes of at least 4 members (excludes halogenated alkanes) is 3. The Hall–Kier alpha value is -1.43. The quantitative estimate of drug-likeness (QED) is 0.545. The summed E-state index contributed by atoms with van der Waals surface area (Å²) in [5.74, 6) is -0.0461. The molecule has 2 N–H and O–H groups in total. The smallest absolute Gasteiger partial charge is 0.379 e. The molecule has 0 atom stereocenters. The number of aromatic nitrogens is 2. The first-order valence-corrected chi connectivity index (χ1v) is 5.97. The molecule has 0 spiro atoms. The van der Waals surface area contributed by atoms with Crippen molar-refractivity contribution in [2.75, 3.05) is 13.2 Å². The van der Waals surface area contributed by atoms with Crippen LogP contribution in [0.2, 0.25) is 0 Å². The Balaban J connectivity index is 2.28. The van der Waals surface area contributed by atoms with Crippen molar-refractivity contribution in [3.8, 4) is 0 Å². The molecule has 0 amide bonds. The highest BCUT2D eigenvalue weighted by Crippen LogP contribution is 2.06. The molecule has 1 rings (SSSR count). The molecule has 1 aromatic rings. The lowest BCUT2D eigenvalue weighted by molar-refractivity contribution is 0.0508. The number of carbonyl (C=O) groups is 1. The topological polar surface area (TPSA) is 91.2 Å². The van der Waals surface area contributed by atoms with Gasteiger partial charge in [-0.15, -0.1) is 0 Å². The highest BCUT2D eigenvalue weighted by molar-refractivity contribution is 5.84. The number of aryl methyl sites for hydroxylation is 1. The second kappa shape index (κ2) is 7.78. The minimum absolute atomic E-state index is 0.00353. The van der Waals surface area contributed by atoms with Gasteiger partial charge in [-0.1, -0.05) is 12.8 Å². The van der Waals surface area contributed by atoms with Crippen molar-refractivity contribution in [2.24, 2.45) is 5.73 Å². The van der Waals surface area contributed by atoms with Gasteiger partial charge in [0.25, 0.3) is 5.82 Å². The van der Waals surface area contributed by atoms with Gasteiger partial charge in [-0.25, -0.2) is 4.79 Å². The number of nitrogens with zero attached hydrogens (tertiary/aromatic N) is 2. The molecular formula is C11H19N3O3.